The van der Waals surface area contributed by atoms with E-state index in [9.17, 15) is 4.79 Å². The van der Waals surface area contributed by atoms with Crippen LogP contribution >= 0.6 is 0 Å². The zero-order chi connectivity index (χ0) is 14.7. The first-order valence-corrected chi connectivity index (χ1v) is 8.33. The van der Waals surface area contributed by atoms with Gasteiger partial charge in [0.2, 0.25) is 0 Å². The van der Waals surface area contributed by atoms with E-state index in [4.69, 9.17) is 0 Å². The molecular formula is C18H26N2O. The number of hydrogen-bond acceptors (Lipinski definition) is 2. The van der Waals surface area contributed by atoms with Crippen molar-refractivity contribution in [2.45, 2.75) is 45.1 Å². The number of fused-ring (bicyclic) bond motifs is 1. The van der Waals surface area contributed by atoms with E-state index < -0.39 is 0 Å². The second-order valence-electron chi connectivity index (χ2n) is 6.53. The number of nitrogens with zero attached hydrogens (tertiary/aromatic N) is 1. The van der Waals surface area contributed by atoms with E-state index >= 15 is 0 Å². The van der Waals surface area contributed by atoms with Gasteiger partial charge in [-0.25, -0.2) is 0 Å². The molecule has 0 saturated carbocycles. The Balaban J connectivity index is 1.59. The van der Waals surface area contributed by atoms with E-state index in [0.29, 0.717) is 12.0 Å². The number of piperidine rings is 2. The SMILES string of the molecule is Cc1ccccc1C(=O)NC[C@@H]1CCCN2CCCC[C@@H]12. The van der Waals surface area contributed by atoms with Crippen LogP contribution < -0.4 is 5.32 Å². The summed E-state index contributed by atoms with van der Waals surface area (Å²) in [5, 5.41) is 3.18. The zero-order valence-corrected chi connectivity index (χ0v) is 13.0. The Labute approximate surface area is 127 Å². The van der Waals surface area contributed by atoms with Crippen LogP contribution in [0.5, 0.6) is 0 Å². The van der Waals surface area contributed by atoms with Crippen LogP contribution in [0.1, 0.15) is 48.0 Å². The summed E-state index contributed by atoms with van der Waals surface area (Å²) in [7, 11) is 0. The quantitative estimate of drug-likeness (QED) is 0.926. The van der Waals surface area contributed by atoms with Gasteiger partial charge in [-0.05, 0) is 63.2 Å². The largest absolute Gasteiger partial charge is 0.352 e. The van der Waals surface area contributed by atoms with Gasteiger partial charge in [-0.15, -0.1) is 0 Å². The zero-order valence-electron chi connectivity index (χ0n) is 13.0. The standard InChI is InChI=1S/C18H26N2O/c1-14-7-2-3-9-16(14)18(21)19-13-15-8-6-12-20-11-5-4-10-17(15)20/h2-3,7,9,15,17H,4-6,8,10-13H2,1H3,(H,19,21)/t15-,17-/m0/s1. The van der Waals surface area contributed by atoms with Gasteiger partial charge < -0.3 is 10.2 Å². The Kier molecular flexibility index (Phi) is 4.59. The smallest absolute Gasteiger partial charge is 0.251 e. The number of hydrogen-bond donors (Lipinski definition) is 1. The number of aryl methyl sites for hydroxylation is 1. The minimum atomic E-state index is 0.0843. The molecular weight excluding hydrogens is 260 g/mol. The van der Waals surface area contributed by atoms with Crippen molar-refractivity contribution in [2.24, 2.45) is 5.92 Å². The third-order valence-electron chi connectivity index (χ3n) is 5.14. The Morgan fingerprint density at radius 2 is 2.00 bits per heavy atom. The molecule has 2 aliphatic rings. The summed E-state index contributed by atoms with van der Waals surface area (Å²) in [5.74, 6) is 0.716. The number of carbonyl (C=O) groups is 1. The van der Waals surface area contributed by atoms with Crippen LogP contribution in [0.15, 0.2) is 24.3 Å². The average Bonchev–Trinajstić information content (AvgIpc) is 2.53. The van der Waals surface area contributed by atoms with Crippen LogP contribution in [0.2, 0.25) is 0 Å². The van der Waals surface area contributed by atoms with Crippen LogP contribution in [0.4, 0.5) is 0 Å². The van der Waals surface area contributed by atoms with Gasteiger partial charge in [-0.1, -0.05) is 24.6 Å². The molecule has 0 spiro atoms. The molecule has 2 atom stereocenters. The van der Waals surface area contributed by atoms with Gasteiger partial charge in [0.1, 0.15) is 0 Å². The summed E-state index contributed by atoms with van der Waals surface area (Å²) in [6.45, 7) is 5.34. The van der Waals surface area contributed by atoms with Gasteiger partial charge in [0.05, 0.1) is 0 Å². The first-order valence-electron chi connectivity index (χ1n) is 8.33. The number of amides is 1. The molecule has 1 aromatic carbocycles. The number of carbonyl (C=O) groups excluding carboxylic acids is 1. The lowest BCUT2D eigenvalue weighted by Gasteiger charge is -2.44. The maximum Gasteiger partial charge on any atom is 0.251 e. The maximum absolute atomic E-state index is 12.3. The minimum absolute atomic E-state index is 0.0843. The van der Waals surface area contributed by atoms with Crippen LogP contribution in [-0.2, 0) is 0 Å². The van der Waals surface area contributed by atoms with E-state index in [1.54, 1.807) is 0 Å². The highest BCUT2D eigenvalue weighted by Gasteiger charge is 2.32. The molecule has 0 radical (unpaired) electrons. The second-order valence-corrected chi connectivity index (χ2v) is 6.53. The Hall–Kier alpha value is -1.35. The van der Waals surface area contributed by atoms with Crippen LogP contribution in [0, 0.1) is 12.8 Å². The normalized spacial score (nSPS) is 26.1. The fourth-order valence-electron chi connectivity index (χ4n) is 3.96. The summed E-state index contributed by atoms with van der Waals surface area (Å²) in [5.41, 5.74) is 1.87. The van der Waals surface area contributed by atoms with Crippen molar-refractivity contribution >= 4 is 5.91 Å². The van der Waals surface area contributed by atoms with Crippen molar-refractivity contribution in [1.29, 1.82) is 0 Å². The van der Waals surface area contributed by atoms with Crippen LogP contribution in [0.3, 0.4) is 0 Å². The molecule has 2 heterocycles. The van der Waals surface area contributed by atoms with Gasteiger partial charge >= 0.3 is 0 Å². The molecule has 21 heavy (non-hydrogen) atoms. The summed E-state index contributed by atoms with van der Waals surface area (Å²) in [6, 6.07) is 8.53. The van der Waals surface area contributed by atoms with Crippen LogP contribution in [0.25, 0.3) is 0 Å². The molecule has 1 N–H and O–H groups in total. The van der Waals surface area contributed by atoms with Gasteiger partial charge in [0.15, 0.2) is 0 Å². The van der Waals surface area contributed by atoms with Gasteiger partial charge in [0.25, 0.3) is 5.91 Å². The van der Waals surface area contributed by atoms with Crippen LogP contribution in [-0.4, -0.2) is 36.5 Å². The van der Waals surface area contributed by atoms with Crippen molar-refractivity contribution in [1.82, 2.24) is 10.2 Å². The fourth-order valence-corrected chi connectivity index (χ4v) is 3.96. The minimum Gasteiger partial charge on any atom is -0.352 e. The Morgan fingerprint density at radius 1 is 1.19 bits per heavy atom. The second kappa shape index (κ2) is 6.61. The molecule has 1 amide bonds. The Bertz CT molecular complexity index is 498. The molecule has 0 aromatic heterocycles. The summed E-state index contributed by atoms with van der Waals surface area (Å²) in [6.07, 6.45) is 6.55. The average molecular weight is 286 g/mol. The molecule has 1 aromatic rings. The third kappa shape index (κ3) is 3.29. The predicted molar refractivity (Wildman–Crippen MR) is 85.4 cm³/mol. The van der Waals surface area contributed by atoms with Crippen molar-refractivity contribution < 1.29 is 4.79 Å². The van der Waals surface area contributed by atoms with Gasteiger partial charge in [-0.3, -0.25) is 4.79 Å². The highest BCUT2D eigenvalue weighted by molar-refractivity contribution is 5.95. The number of nitrogens with one attached hydrogen (secondary N) is 1. The van der Waals surface area contributed by atoms with E-state index in [1.807, 2.05) is 31.2 Å². The molecule has 114 valence electrons. The molecule has 2 fully saturated rings. The molecule has 0 bridgehead atoms. The van der Waals surface area contributed by atoms with E-state index in [-0.39, 0.29) is 5.91 Å². The molecule has 3 nitrogen and oxygen atoms in total. The Morgan fingerprint density at radius 3 is 2.86 bits per heavy atom. The summed E-state index contributed by atoms with van der Waals surface area (Å²) < 4.78 is 0. The molecule has 2 aliphatic heterocycles. The number of rotatable bonds is 3. The number of benzene rings is 1. The third-order valence-corrected chi connectivity index (χ3v) is 5.14. The van der Waals surface area contributed by atoms with Gasteiger partial charge in [0, 0.05) is 18.2 Å². The van der Waals surface area contributed by atoms with Crippen molar-refractivity contribution in [3.63, 3.8) is 0 Å². The summed E-state index contributed by atoms with van der Waals surface area (Å²) in [4.78, 5) is 15.0. The molecule has 3 heteroatoms. The van der Waals surface area contributed by atoms with Gasteiger partial charge in [-0.2, -0.15) is 0 Å². The highest BCUT2D eigenvalue weighted by atomic mass is 16.1. The van der Waals surface area contributed by atoms with Crippen molar-refractivity contribution in [2.75, 3.05) is 19.6 Å². The molecule has 2 saturated heterocycles. The van der Waals surface area contributed by atoms with E-state index in [1.165, 1.54) is 45.2 Å². The first-order chi connectivity index (χ1) is 10.3. The van der Waals surface area contributed by atoms with E-state index in [0.717, 1.165) is 17.7 Å². The molecule has 0 unspecified atom stereocenters. The topological polar surface area (TPSA) is 32.3 Å². The lowest BCUT2D eigenvalue weighted by molar-refractivity contribution is 0.0575. The lowest BCUT2D eigenvalue weighted by atomic mass is 9.83. The van der Waals surface area contributed by atoms with Crippen molar-refractivity contribution in [3.8, 4) is 0 Å². The van der Waals surface area contributed by atoms with E-state index in [2.05, 4.69) is 10.2 Å². The lowest BCUT2D eigenvalue weighted by Crippen LogP contribution is -2.51. The maximum atomic E-state index is 12.3. The predicted octanol–water partition coefficient (Wildman–Crippen LogP) is 2.99. The highest BCUT2D eigenvalue weighted by Crippen LogP contribution is 2.30. The summed E-state index contributed by atoms with van der Waals surface area (Å²) >= 11 is 0. The monoisotopic (exact) mass is 286 g/mol. The van der Waals surface area contributed by atoms with Crippen molar-refractivity contribution in [3.05, 3.63) is 35.4 Å². The molecule has 3 rings (SSSR count). The molecule has 0 aliphatic carbocycles. The fraction of sp³-hybridized carbons (Fsp3) is 0.611. The first kappa shape index (κ1) is 14.6.